The van der Waals surface area contributed by atoms with Crippen LogP contribution in [0.15, 0.2) is 83.3 Å². The molecule has 0 fully saturated rings. The average molecular weight is 383 g/mol. The van der Waals surface area contributed by atoms with Gasteiger partial charge in [0.05, 0.1) is 16.6 Å². The zero-order valence-corrected chi connectivity index (χ0v) is 15.9. The van der Waals surface area contributed by atoms with Crippen LogP contribution >= 0.6 is 0 Å². The number of hydrogen-bond acceptors (Lipinski definition) is 7. The van der Waals surface area contributed by atoms with Gasteiger partial charge in [0.1, 0.15) is 11.5 Å². The maximum absolute atomic E-state index is 12.2. The van der Waals surface area contributed by atoms with Crippen molar-refractivity contribution < 1.29 is 9.63 Å². The number of rotatable bonds is 2. The number of aromatic nitrogens is 2. The van der Waals surface area contributed by atoms with Gasteiger partial charge in [-0.05, 0) is 24.3 Å². The van der Waals surface area contributed by atoms with E-state index in [1.54, 1.807) is 6.08 Å². The van der Waals surface area contributed by atoms with Crippen LogP contribution in [0.1, 0.15) is 5.56 Å². The molecule has 0 spiro atoms. The van der Waals surface area contributed by atoms with Gasteiger partial charge < -0.3 is 14.6 Å². The molecule has 2 aliphatic heterocycles. The summed E-state index contributed by atoms with van der Waals surface area (Å²) in [5, 5.41) is 3.95. The summed E-state index contributed by atoms with van der Waals surface area (Å²) in [6.45, 7) is 0. The van der Waals surface area contributed by atoms with Crippen LogP contribution in [0.3, 0.4) is 0 Å². The van der Waals surface area contributed by atoms with Gasteiger partial charge in [0.2, 0.25) is 0 Å². The van der Waals surface area contributed by atoms with Gasteiger partial charge in [-0.3, -0.25) is 0 Å². The molecule has 0 saturated heterocycles. The van der Waals surface area contributed by atoms with E-state index in [1.165, 1.54) is 0 Å². The number of anilines is 2. The Morgan fingerprint density at radius 1 is 0.828 bits per heavy atom. The molecule has 7 nitrogen and oxygen atoms in total. The number of fused-ring (bicyclic) bond motifs is 2. The molecule has 2 aliphatic rings. The topological polar surface area (TPSA) is 70.9 Å². The third-order valence-corrected chi connectivity index (χ3v) is 5.00. The molecular weight excluding hydrogens is 366 g/mol. The van der Waals surface area contributed by atoms with Crippen molar-refractivity contribution in [1.82, 2.24) is 9.97 Å². The third kappa shape index (κ3) is 2.75. The number of carbonyl (C=O) groups is 1. The minimum absolute atomic E-state index is 0.410. The first-order chi connectivity index (χ1) is 14.1. The molecule has 0 N–H and O–H groups in total. The SMILES string of the molecule is CN1C(=C/C=C2/C(=O)ON=C2c2ccccc2)N(C)c2nc3ccccc3nc21. The van der Waals surface area contributed by atoms with Gasteiger partial charge >= 0.3 is 5.97 Å². The Hall–Kier alpha value is -4.00. The molecule has 0 saturated carbocycles. The van der Waals surface area contributed by atoms with Crippen molar-refractivity contribution in [2.45, 2.75) is 0 Å². The molecule has 7 heteroatoms. The fraction of sp³-hybridized carbons (Fsp3) is 0.0909. The average Bonchev–Trinajstić information content (AvgIpc) is 3.23. The van der Waals surface area contributed by atoms with Crippen LogP contribution in [0.5, 0.6) is 0 Å². The Kier molecular flexibility index (Phi) is 3.87. The van der Waals surface area contributed by atoms with E-state index in [4.69, 9.17) is 14.8 Å². The van der Waals surface area contributed by atoms with Crippen LogP contribution in [0, 0.1) is 0 Å². The number of hydrogen-bond donors (Lipinski definition) is 0. The highest BCUT2D eigenvalue weighted by atomic mass is 16.7. The molecule has 2 aromatic carbocycles. The summed E-state index contributed by atoms with van der Waals surface area (Å²) in [5.41, 5.74) is 3.43. The fourth-order valence-electron chi connectivity index (χ4n) is 3.49. The molecule has 3 heterocycles. The van der Waals surface area contributed by atoms with Gasteiger partial charge in [0, 0.05) is 19.7 Å². The molecule has 5 rings (SSSR count). The van der Waals surface area contributed by atoms with E-state index in [0.717, 1.165) is 34.1 Å². The highest BCUT2D eigenvalue weighted by Gasteiger charge is 2.30. The van der Waals surface area contributed by atoms with Crippen LogP contribution in [0.2, 0.25) is 0 Å². The molecule has 0 aliphatic carbocycles. The first-order valence-corrected chi connectivity index (χ1v) is 9.15. The van der Waals surface area contributed by atoms with E-state index in [9.17, 15) is 4.79 Å². The highest BCUT2D eigenvalue weighted by Crippen LogP contribution is 2.37. The summed E-state index contributed by atoms with van der Waals surface area (Å²) in [6, 6.07) is 17.3. The van der Waals surface area contributed by atoms with Gasteiger partial charge in [0.25, 0.3) is 0 Å². The van der Waals surface area contributed by atoms with Crippen LogP contribution in [0.4, 0.5) is 11.6 Å². The normalized spacial score (nSPS) is 17.0. The number of oxime groups is 1. The molecule has 142 valence electrons. The van der Waals surface area contributed by atoms with Crippen molar-refractivity contribution in [2.24, 2.45) is 5.16 Å². The van der Waals surface area contributed by atoms with Crippen molar-refractivity contribution in [3.05, 3.63) is 83.7 Å². The zero-order valence-electron chi connectivity index (χ0n) is 15.9. The largest absolute Gasteiger partial charge is 0.368 e. The monoisotopic (exact) mass is 383 g/mol. The van der Waals surface area contributed by atoms with Crippen molar-refractivity contribution in [3.63, 3.8) is 0 Å². The van der Waals surface area contributed by atoms with Crippen LogP contribution in [-0.4, -0.2) is 35.7 Å². The minimum atomic E-state index is -0.469. The zero-order chi connectivity index (χ0) is 20.0. The molecule has 0 amide bonds. The number of para-hydroxylation sites is 2. The Balaban J connectivity index is 1.54. The van der Waals surface area contributed by atoms with E-state index < -0.39 is 5.97 Å². The van der Waals surface area contributed by atoms with Crippen molar-refractivity contribution in [3.8, 4) is 0 Å². The lowest BCUT2D eigenvalue weighted by Gasteiger charge is -2.16. The Morgan fingerprint density at radius 2 is 1.41 bits per heavy atom. The second-order valence-corrected chi connectivity index (χ2v) is 6.77. The van der Waals surface area contributed by atoms with E-state index in [2.05, 4.69) is 5.16 Å². The first kappa shape index (κ1) is 17.1. The van der Waals surface area contributed by atoms with Gasteiger partial charge in [-0.15, -0.1) is 0 Å². The van der Waals surface area contributed by atoms with Gasteiger partial charge in [-0.1, -0.05) is 47.6 Å². The number of nitrogens with zero attached hydrogens (tertiary/aromatic N) is 5. The van der Waals surface area contributed by atoms with Crippen LogP contribution in [0.25, 0.3) is 11.0 Å². The molecule has 0 bridgehead atoms. The van der Waals surface area contributed by atoms with Crippen LogP contribution in [-0.2, 0) is 9.63 Å². The highest BCUT2D eigenvalue weighted by molar-refractivity contribution is 6.29. The second kappa shape index (κ2) is 6.56. The molecule has 3 aromatic rings. The minimum Gasteiger partial charge on any atom is -0.312 e. The molecule has 0 atom stereocenters. The number of allylic oxidation sites excluding steroid dienone is 2. The summed E-state index contributed by atoms with van der Waals surface area (Å²) in [5.74, 6) is 1.90. The lowest BCUT2D eigenvalue weighted by atomic mass is 10.0. The molecule has 1 aromatic heterocycles. The molecule has 0 unspecified atom stereocenters. The van der Waals surface area contributed by atoms with E-state index in [0.29, 0.717) is 11.3 Å². The predicted molar refractivity (Wildman–Crippen MR) is 112 cm³/mol. The van der Waals surface area contributed by atoms with Crippen molar-refractivity contribution in [2.75, 3.05) is 23.9 Å². The molecule has 0 radical (unpaired) electrons. The van der Waals surface area contributed by atoms with E-state index in [-0.39, 0.29) is 0 Å². The quantitative estimate of drug-likeness (QED) is 0.500. The summed E-state index contributed by atoms with van der Waals surface area (Å²) >= 11 is 0. The maximum Gasteiger partial charge on any atom is 0.368 e. The standard InChI is InChI=1S/C22H17N5O2/c1-26-18(27(2)21-20(26)23-16-10-6-7-11-17(16)24-21)13-12-15-19(25-29-22(15)28)14-8-4-3-5-9-14/h3-13H,1-2H3/b15-12+. The Morgan fingerprint density at radius 3 is 2.03 bits per heavy atom. The number of benzene rings is 2. The Bertz CT molecular complexity index is 1180. The van der Waals surface area contributed by atoms with E-state index >= 15 is 0 Å². The summed E-state index contributed by atoms with van der Waals surface area (Å²) in [4.78, 5) is 30.5. The summed E-state index contributed by atoms with van der Waals surface area (Å²) in [6.07, 6.45) is 3.59. The lowest BCUT2D eigenvalue weighted by molar-refractivity contribution is -0.136. The summed E-state index contributed by atoms with van der Waals surface area (Å²) in [7, 11) is 3.85. The number of carbonyl (C=O) groups excluding carboxylic acids is 1. The third-order valence-electron chi connectivity index (χ3n) is 5.00. The molecule has 29 heavy (non-hydrogen) atoms. The fourth-order valence-corrected chi connectivity index (χ4v) is 3.49. The van der Waals surface area contributed by atoms with Crippen LogP contribution < -0.4 is 9.80 Å². The maximum atomic E-state index is 12.2. The smallest absolute Gasteiger partial charge is 0.312 e. The van der Waals surface area contributed by atoms with Gasteiger partial charge in [-0.2, -0.15) is 0 Å². The van der Waals surface area contributed by atoms with Gasteiger partial charge in [0.15, 0.2) is 11.6 Å². The van der Waals surface area contributed by atoms with Crippen molar-refractivity contribution >= 4 is 34.4 Å². The predicted octanol–water partition coefficient (Wildman–Crippen LogP) is 3.24. The summed E-state index contributed by atoms with van der Waals surface area (Å²) < 4.78 is 0. The van der Waals surface area contributed by atoms with Gasteiger partial charge in [-0.25, -0.2) is 14.8 Å². The second-order valence-electron chi connectivity index (χ2n) is 6.77. The lowest BCUT2D eigenvalue weighted by Crippen LogP contribution is -2.22. The first-order valence-electron chi connectivity index (χ1n) is 9.15. The molecular formula is C22H17N5O2. The van der Waals surface area contributed by atoms with Crippen molar-refractivity contribution in [1.29, 1.82) is 0 Å². The van der Waals surface area contributed by atoms with E-state index in [1.807, 2.05) is 84.6 Å². The Labute approximate surface area is 167 Å².